The lowest BCUT2D eigenvalue weighted by molar-refractivity contribution is -0.162. The Morgan fingerprint density at radius 1 is 1.53 bits per heavy atom. The van der Waals surface area contributed by atoms with Gasteiger partial charge in [-0.25, -0.2) is 0 Å². The molecule has 0 aromatic heterocycles. The highest BCUT2D eigenvalue weighted by Crippen LogP contribution is 2.44. The molecule has 2 aliphatic rings. The predicted molar refractivity (Wildman–Crippen MR) is 65.0 cm³/mol. The first kappa shape index (κ1) is 12.8. The molecule has 0 aromatic rings. The van der Waals surface area contributed by atoms with E-state index >= 15 is 0 Å². The smallest absolute Gasteiger partial charge is 0.303 e. The highest BCUT2D eigenvalue weighted by molar-refractivity contribution is 5.66. The molecule has 1 N–H and O–H groups in total. The lowest BCUT2D eigenvalue weighted by atomic mass is 9.67. The van der Waals surface area contributed by atoms with Crippen LogP contribution in [0, 0.1) is 11.3 Å². The number of carboxylic acid groups (broad SMARTS) is 1. The first-order chi connectivity index (χ1) is 8.12. The van der Waals surface area contributed by atoms with E-state index in [2.05, 4.69) is 11.9 Å². The zero-order chi connectivity index (χ0) is 12.3. The van der Waals surface area contributed by atoms with Crippen molar-refractivity contribution in [1.82, 2.24) is 4.90 Å². The molecule has 1 atom stereocenters. The van der Waals surface area contributed by atoms with Crippen molar-refractivity contribution in [2.75, 3.05) is 33.4 Å². The predicted octanol–water partition coefficient (Wildman–Crippen LogP) is 1.60. The fourth-order valence-corrected chi connectivity index (χ4v) is 3.21. The number of ether oxygens (including phenoxy) is 1. The maximum atomic E-state index is 10.6. The molecule has 0 saturated carbocycles. The molecule has 17 heavy (non-hydrogen) atoms. The highest BCUT2D eigenvalue weighted by atomic mass is 16.5. The summed E-state index contributed by atoms with van der Waals surface area (Å²) in [5.74, 6) is 0.0185. The zero-order valence-electron chi connectivity index (χ0n) is 10.7. The van der Waals surface area contributed by atoms with Crippen molar-refractivity contribution in [2.24, 2.45) is 11.3 Å². The molecule has 0 aromatic carbocycles. The molecule has 0 radical (unpaired) electrons. The van der Waals surface area contributed by atoms with Gasteiger partial charge in [0.15, 0.2) is 0 Å². The summed E-state index contributed by atoms with van der Waals surface area (Å²) in [6.07, 6.45) is 4.64. The number of nitrogens with zero attached hydrogens (tertiary/aromatic N) is 1. The Hall–Kier alpha value is -0.610. The standard InChI is InChI=1S/C13H23NO3/c1-14-7-3-4-11(8-14)13(9-17-10-13)6-2-5-12(15)16/h11H,2-10H2,1H3,(H,15,16). The summed E-state index contributed by atoms with van der Waals surface area (Å²) in [7, 11) is 2.18. The molecule has 2 heterocycles. The second kappa shape index (κ2) is 5.36. The number of piperidine rings is 1. The van der Waals surface area contributed by atoms with Crippen LogP contribution in [0.5, 0.6) is 0 Å². The van der Waals surface area contributed by atoms with Crippen molar-refractivity contribution >= 4 is 5.97 Å². The molecule has 0 aliphatic carbocycles. The van der Waals surface area contributed by atoms with Crippen molar-refractivity contribution < 1.29 is 14.6 Å². The molecular formula is C13H23NO3. The minimum absolute atomic E-state index is 0.282. The minimum atomic E-state index is -0.679. The average Bonchev–Trinajstić information content (AvgIpc) is 2.21. The van der Waals surface area contributed by atoms with Gasteiger partial charge in [0.1, 0.15) is 0 Å². The Balaban J connectivity index is 1.87. The Morgan fingerprint density at radius 3 is 2.82 bits per heavy atom. The van der Waals surface area contributed by atoms with E-state index in [1.807, 2.05) is 0 Å². The van der Waals surface area contributed by atoms with Gasteiger partial charge in [0.2, 0.25) is 0 Å². The third-order valence-electron chi connectivity index (χ3n) is 4.33. The molecule has 98 valence electrons. The van der Waals surface area contributed by atoms with Crippen LogP contribution in [0.15, 0.2) is 0 Å². The van der Waals surface area contributed by atoms with E-state index in [1.165, 1.54) is 19.4 Å². The summed E-state index contributed by atoms with van der Waals surface area (Å²) in [6.45, 7) is 4.02. The van der Waals surface area contributed by atoms with Gasteiger partial charge < -0.3 is 14.7 Å². The first-order valence-electron chi connectivity index (χ1n) is 6.60. The third-order valence-corrected chi connectivity index (χ3v) is 4.33. The van der Waals surface area contributed by atoms with E-state index in [0.29, 0.717) is 12.3 Å². The molecule has 2 saturated heterocycles. The van der Waals surface area contributed by atoms with Crippen LogP contribution in [0.2, 0.25) is 0 Å². The number of carboxylic acids is 1. The van der Waals surface area contributed by atoms with Gasteiger partial charge >= 0.3 is 5.97 Å². The Morgan fingerprint density at radius 2 is 2.29 bits per heavy atom. The van der Waals surface area contributed by atoms with Gasteiger partial charge in [0.05, 0.1) is 13.2 Å². The number of carbonyl (C=O) groups is 1. The largest absolute Gasteiger partial charge is 0.481 e. The zero-order valence-corrected chi connectivity index (χ0v) is 10.7. The molecule has 4 nitrogen and oxygen atoms in total. The maximum absolute atomic E-state index is 10.6. The van der Waals surface area contributed by atoms with Crippen molar-refractivity contribution in [1.29, 1.82) is 0 Å². The molecule has 2 aliphatic heterocycles. The summed E-state index contributed by atoms with van der Waals surface area (Å²) in [4.78, 5) is 13.0. The minimum Gasteiger partial charge on any atom is -0.481 e. The molecular weight excluding hydrogens is 218 g/mol. The van der Waals surface area contributed by atoms with Crippen LogP contribution in [-0.2, 0) is 9.53 Å². The van der Waals surface area contributed by atoms with Crippen molar-refractivity contribution in [3.63, 3.8) is 0 Å². The lowest BCUT2D eigenvalue weighted by Gasteiger charge is -2.50. The molecule has 2 fully saturated rings. The quantitative estimate of drug-likeness (QED) is 0.794. The molecule has 4 heteroatoms. The second-order valence-electron chi connectivity index (χ2n) is 5.70. The first-order valence-corrected chi connectivity index (χ1v) is 6.60. The summed E-state index contributed by atoms with van der Waals surface area (Å²) in [6, 6.07) is 0. The molecule has 0 spiro atoms. The van der Waals surface area contributed by atoms with Gasteiger partial charge in [-0.05, 0) is 45.2 Å². The van der Waals surface area contributed by atoms with Gasteiger partial charge in [-0.3, -0.25) is 4.79 Å². The number of rotatable bonds is 5. The molecule has 0 amide bonds. The van der Waals surface area contributed by atoms with E-state index in [1.54, 1.807) is 0 Å². The fourth-order valence-electron chi connectivity index (χ4n) is 3.21. The van der Waals surface area contributed by atoms with E-state index < -0.39 is 5.97 Å². The Bertz CT molecular complexity index is 276. The molecule has 1 unspecified atom stereocenters. The van der Waals surface area contributed by atoms with E-state index in [-0.39, 0.29) is 5.41 Å². The number of hydrogen-bond donors (Lipinski definition) is 1. The Kier molecular flexibility index (Phi) is 4.05. The van der Waals surface area contributed by atoms with Gasteiger partial charge in [-0.15, -0.1) is 0 Å². The summed E-state index contributed by atoms with van der Waals surface area (Å²) in [5.41, 5.74) is 0.282. The average molecular weight is 241 g/mol. The van der Waals surface area contributed by atoms with Crippen molar-refractivity contribution in [3.8, 4) is 0 Å². The van der Waals surface area contributed by atoms with Crippen molar-refractivity contribution in [2.45, 2.75) is 32.1 Å². The maximum Gasteiger partial charge on any atom is 0.303 e. The fraction of sp³-hybridized carbons (Fsp3) is 0.923. The number of hydrogen-bond acceptors (Lipinski definition) is 3. The summed E-state index contributed by atoms with van der Waals surface area (Å²) < 4.78 is 5.42. The van der Waals surface area contributed by atoms with Gasteiger partial charge in [0.25, 0.3) is 0 Å². The second-order valence-corrected chi connectivity index (χ2v) is 5.70. The van der Waals surface area contributed by atoms with E-state index in [0.717, 1.165) is 32.6 Å². The number of aliphatic carboxylic acids is 1. The third kappa shape index (κ3) is 2.99. The molecule has 0 bridgehead atoms. The van der Waals surface area contributed by atoms with E-state index in [4.69, 9.17) is 9.84 Å². The Labute approximate surface area is 103 Å². The highest BCUT2D eigenvalue weighted by Gasteiger charge is 2.45. The molecule has 2 rings (SSSR count). The normalized spacial score (nSPS) is 28.6. The van der Waals surface area contributed by atoms with Gasteiger partial charge in [0, 0.05) is 18.4 Å². The summed E-state index contributed by atoms with van der Waals surface area (Å²) >= 11 is 0. The van der Waals surface area contributed by atoms with Crippen LogP contribution >= 0.6 is 0 Å². The van der Waals surface area contributed by atoms with Gasteiger partial charge in [-0.1, -0.05) is 0 Å². The van der Waals surface area contributed by atoms with Gasteiger partial charge in [-0.2, -0.15) is 0 Å². The van der Waals surface area contributed by atoms with Crippen LogP contribution in [0.1, 0.15) is 32.1 Å². The van der Waals surface area contributed by atoms with Crippen LogP contribution in [-0.4, -0.2) is 49.3 Å². The summed E-state index contributed by atoms with van der Waals surface area (Å²) in [5, 5.41) is 8.71. The number of likely N-dealkylation sites (tertiary alicyclic amines) is 1. The monoisotopic (exact) mass is 241 g/mol. The van der Waals surface area contributed by atoms with Crippen LogP contribution < -0.4 is 0 Å². The SMILES string of the molecule is CN1CCCC(C2(CCCC(=O)O)COC2)C1. The van der Waals surface area contributed by atoms with E-state index in [9.17, 15) is 4.79 Å². The van der Waals surface area contributed by atoms with Crippen LogP contribution in [0.25, 0.3) is 0 Å². The lowest BCUT2D eigenvalue weighted by Crippen LogP contribution is -2.53. The van der Waals surface area contributed by atoms with Crippen LogP contribution in [0.3, 0.4) is 0 Å². The van der Waals surface area contributed by atoms with Crippen molar-refractivity contribution in [3.05, 3.63) is 0 Å². The van der Waals surface area contributed by atoms with Crippen LogP contribution in [0.4, 0.5) is 0 Å². The topological polar surface area (TPSA) is 49.8 Å².